The fourth-order valence-corrected chi connectivity index (χ4v) is 0.143. The molecule has 0 aromatic carbocycles. The predicted molar refractivity (Wildman–Crippen MR) is 25.1 cm³/mol. The van der Waals surface area contributed by atoms with Crippen molar-refractivity contribution >= 4 is 11.9 Å². The van der Waals surface area contributed by atoms with Crippen LogP contribution in [-0.4, -0.2) is 22.2 Å². The molecule has 0 fully saturated rings. The third kappa shape index (κ3) is 15.8. The summed E-state index contributed by atoms with van der Waals surface area (Å²) in [7, 11) is 0. The second-order valence-corrected chi connectivity index (χ2v) is 1.01. The van der Waals surface area contributed by atoms with Crippen LogP contribution in [0.5, 0.6) is 0 Å². The van der Waals surface area contributed by atoms with Crippen molar-refractivity contribution in [1.29, 1.82) is 0 Å². The van der Waals surface area contributed by atoms with E-state index in [4.69, 9.17) is 14.0 Å². The van der Waals surface area contributed by atoms with Crippen LogP contribution >= 0.6 is 0 Å². The van der Waals surface area contributed by atoms with Gasteiger partial charge in [0.15, 0.2) is 0 Å². The van der Waals surface area contributed by atoms with Crippen LogP contribution in [0.3, 0.4) is 0 Å². The Morgan fingerprint density at radius 3 is 1.30 bits per heavy atom. The number of carboxylic acids is 2. The molecular weight excluding hydrogens is 184 g/mol. The van der Waals surface area contributed by atoms with Gasteiger partial charge in [0.2, 0.25) is 0 Å². The zero-order valence-electron chi connectivity index (χ0n) is 4.63. The van der Waals surface area contributed by atoms with Gasteiger partial charge in [-0.1, -0.05) is 0 Å². The summed E-state index contributed by atoms with van der Waals surface area (Å²) >= 11 is 2.00. The molecule has 0 aromatic heterocycles. The zero-order valence-corrected chi connectivity index (χ0v) is 5.73. The van der Waals surface area contributed by atoms with Gasteiger partial charge in [0.05, 0.1) is 0 Å². The Kier molecular flexibility index (Phi) is 9.40. The number of hydrogen-bond donors (Lipinski definition) is 2. The van der Waals surface area contributed by atoms with E-state index in [1.165, 1.54) is 0 Å². The first-order valence-corrected chi connectivity index (χ1v) is 2.36. The van der Waals surface area contributed by atoms with Crippen molar-refractivity contribution in [3.8, 4) is 0 Å². The normalized spacial score (nSPS) is 8.10. The fraction of sp³-hybridized carbons (Fsp3) is 0. The van der Waals surface area contributed by atoms with Crippen LogP contribution in [-0.2, 0) is 29.4 Å². The standard InChI is InChI=1S/C4H4O4.Fe.O/c5-3(6)1-2-4(7)8;;/h1-2H,(H,5,6)(H,7,8);;/b2-1-;;. The first kappa shape index (κ1) is 11.8. The Bertz CT molecular complexity index is 136. The number of carbonyl (C=O) groups is 2. The molecule has 0 amide bonds. The quantitative estimate of drug-likeness (QED) is 0.453. The third-order valence-electron chi connectivity index (χ3n) is 0.368. The Morgan fingerprint density at radius 1 is 1.00 bits per heavy atom. The van der Waals surface area contributed by atoms with Crippen LogP contribution in [0.2, 0.25) is 0 Å². The van der Waals surface area contributed by atoms with Gasteiger partial charge in [0.1, 0.15) is 0 Å². The average Bonchev–Trinajstić information content (AvgIpc) is 1.89. The molecule has 10 heavy (non-hydrogen) atoms. The van der Waals surface area contributed by atoms with E-state index >= 15 is 0 Å². The predicted octanol–water partition coefficient (Wildman–Crippen LogP) is -0.409. The molecule has 0 atom stereocenters. The van der Waals surface area contributed by atoms with Gasteiger partial charge in [-0.25, -0.2) is 9.59 Å². The monoisotopic (exact) mass is 188 g/mol. The Labute approximate surface area is 64.4 Å². The van der Waals surface area contributed by atoms with Crippen LogP contribution in [0.4, 0.5) is 0 Å². The first-order chi connectivity index (χ1) is 4.63. The molecular formula is C4H4FeO5. The number of rotatable bonds is 2. The molecule has 2 N–H and O–H groups in total. The molecule has 58 valence electrons. The van der Waals surface area contributed by atoms with Crippen LogP contribution in [0.25, 0.3) is 0 Å². The van der Waals surface area contributed by atoms with Gasteiger partial charge in [0, 0.05) is 12.2 Å². The SMILES string of the molecule is O=C(O)/C=C\C(=O)O.[O]=[Fe]. The van der Waals surface area contributed by atoms with Crippen LogP contribution in [0, 0.1) is 0 Å². The molecule has 0 unspecified atom stereocenters. The summed E-state index contributed by atoms with van der Waals surface area (Å²) in [5.41, 5.74) is 0. The summed E-state index contributed by atoms with van der Waals surface area (Å²) in [5, 5.41) is 15.6. The molecule has 6 heteroatoms. The third-order valence-corrected chi connectivity index (χ3v) is 0.368. The number of hydrogen-bond acceptors (Lipinski definition) is 3. The summed E-state index contributed by atoms with van der Waals surface area (Å²) in [6, 6.07) is 0. The second kappa shape index (κ2) is 8.00. The van der Waals surface area contributed by atoms with Crippen molar-refractivity contribution in [3.63, 3.8) is 0 Å². The molecule has 5 nitrogen and oxygen atoms in total. The van der Waals surface area contributed by atoms with E-state index in [9.17, 15) is 9.59 Å². The summed E-state index contributed by atoms with van der Waals surface area (Å²) in [6.07, 6.45) is 1.12. The van der Waals surface area contributed by atoms with Gasteiger partial charge < -0.3 is 10.2 Å². The summed E-state index contributed by atoms with van der Waals surface area (Å²) < 4.78 is 8.00. The van der Waals surface area contributed by atoms with E-state index < -0.39 is 11.9 Å². The summed E-state index contributed by atoms with van der Waals surface area (Å²) in [4.78, 5) is 19.1. The average molecular weight is 188 g/mol. The van der Waals surface area contributed by atoms with Gasteiger partial charge in [-0.05, 0) is 0 Å². The van der Waals surface area contributed by atoms with Crippen molar-refractivity contribution in [2.45, 2.75) is 0 Å². The molecule has 0 saturated heterocycles. The molecule has 0 spiro atoms. The van der Waals surface area contributed by atoms with Crippen molar-refractivity contribution in [2.24, 2.45) is 0 Å². The second-order valence-electron chi connectivity index (χ2n) is 1.01. The van der Waals surface area contributed by atoms with E-state index in [2.05, 4.69) is 0 Å². The molecule has 0 aliphatic heterocycles. The van der Waals surface area contributed by atoms with Gasteiger partial charge in [-0.2, -0.15) is 0 Å². The first-order valence-electron chi connectivity index (χ1n) is 1.91. The minimum atomic E-state index is -1.26. The molecule has 0 bridgehead atoms. The fourth-order valence-electron chi connectivity index (χ4n) is 0.143. The number of carboxylic acid groups (broad SMARTS) is 2. The Hall–Kier alpha value is -1.00. The summed E-state index contributed by atoms with van der Waals surface area (Å²) in [6.45, 7) is 0. The molecule has 0 rings (SSSR count). The van der Waals surface area contributed by atoms with E-state index in [0.29, 0.717) is 12.2 Å². The topological polar surface area (TPSA) is 91.7 Å². The maximum atomic E-state index is 9.55. The molecule has 0 aromatic rings. The minimum absolute atomic E-state index is 0.558. The number of aliphatic carboxylic acids is 2. The van der Waals surface area contributed by atoms with E-state index in [1.54, 1.807) is 0 Å². The maximum absolute atomic E-state index is 9.55. The molecule has 0 heterocycles. The zero-order chi connectivity index (χ0) is 8.57. The van der Waals surface area contributed by atoms with Gasteiger partial charge in [0.25, 0.3) is 0 Å². The Morgan fingerprint density at radius 2 is 1.20 bits per heavy atom. The van der Waals surface area contributed by atoms with Gasteiger partial charge in [-0.15, -0.1) is 0 Å². The Balaban J connectivity index is 0. The van der Waals surface area contributed by atoms with Crippen molar-refractivity contribution in [1.82, 2.24) is 0 Å². The van der Waals surface area contributed by atoms with Crippen LogP contribution in [0.1, 0.15) is 0 Å². The van der Waals surface area contributed by atoms with Crippen molar-refractivity contribution in [3.05, 3.63) is 12.2 Å². The van der Waals surface area contributed by atoms with Gasteiger partial charge in [-0.3, -0.25) is 0 Å². The molecule has 0 radical (unpaired) electrons. The summed E-state index contributed by atoms with van der Waals surface area (Å²) in [5.74, 6) is -2.51. The van der Waals surface area contributed by atoms with E-state index in [0.717, 1.165) is 0 Å². The molecule has 0 aliphatic carbocycles. The van der Waals surface area contributed by atoms with E-state index in [1.807, 2.05) is 15.9 Å². The van der Waals surface area contributed by atoms with Gasteiger partial charge >= 0.3 is 31.7 Å². The molecule has 0 saturated carbocycles. The van der Waals surface area contributed by atoms with Crippen molar-refractivity contribution < 1.29 is 39.6 Å². The van der Waals surface area contributed by atoms with E-state index in [-0.39, 0.29) is 0 Å². The van der Waals surface area contributed by atoms with Crippen molar-refractivity contribution in [2.75, 3.05) is 0 Å². The van der Waals surface area contributed by atoms with Crippen LogP contribution in [0.15, 0.2) is 12.2 Å². The molecule has 0 aliphatic rings. The van der Waals surface area contributed by atoms with Crippen LogP contribution < -0.4 is 0 Å².